The van der Waals surface area contributed by atoms with Gasteiger partial charge in [-0.1, -0.05) is 24.6 Å². The largest absolute Gasteiger partial charge is 0.309 e. The van der Waals surface area contributed by atoms with Gasteiger partial charge in [0, 0.05) is 16.8 Å². The van der Waals surface area contributed by atoms with Crippen LogP contribution in [-0.2, 0) is 9.84 Å². The molecular formula is C12H17ClFNO2S. The fourth-order valence-corrected chi connectivity index (χ4v) is 2.89. The number of halogens is 2. The second kappa shape index (κ2) is 6.50. The van der Waals surface area contributed by atoms with Crippen LogP contribution < -0.4 is 5.32 Å². The molecule has 0 saturated carbocycles. The Balaban J connectivity index is 3.09. The normalized spacial score (nSPS) is 13.6. The summed E-state index contributed by atoms with van der Waals surface area (Å²) in [6.45, 7) is 2.55. The van der Waals surface area contributed by atoms with E-state index >= 15 is 0 Å². The van der Waals surface area contributed by atoms with Gasteiger partial charge >= 0.3 is 0 Å². The van der Waals surface area contributed by atoms with E-state index in [0.29, 0.717) is 6.54 Å². The van der Waals surface area contributed by atoms with Gasteiger partial charge in [0.05, 0.1) is 11.8 Å². The van der Waals surface area contributed by atoms with Gasteiger partial charge in [-0.3, -0.25) is 0 Å². The Bertz CT molecular complexity index is 485. The maximum absolute atomic E-state index is 13.8. The minimum Gasteiger partial charge on any atom is -0.309 e. The van der Waals surface area contributed by atoms with Crippen molar-refractivity contribution in [1.82, 2.24) is 5.32 Å². The van der Waals surface area contributed by atoms with Crippen molar-refractivity contribution in [3.05, 3.63) is 34.6 Å². The average molecular weight is 294 g/mol. The van der Waals surface area contributed by atoms with Crippen LogP contribution in [-0.4, -0.2) is 27.0 Å². The Kier molecular flexibility index (Phi) is 5.56. The summed E-state index contributed by atoms with van der Waals surface area (Å²) in [7, 11) is -3.22. The van der Waals surface area contributed by atoms with E-state index in [1.54, 1.807) is 6.07 Å². The lowest BCUT2D eigenvalue weighted by atomic mass is 10.1. The van der Waals surface area contributed by atoms with Crippen LogP contribution in [0.15, 0.2) is 18.2 Å². The van der Waals surface area contributed by atoms with Gasteiger partial charge in [0.25, 0.3) is 0 Å². The van der Waals surface area contributed by atoms with Crippen molar-refractivity contribution in [2.75, 3.05) is 18.6 Å². The summed E-state index contributed by atoms with van der Waals surface area (Å²) in [6, 6.07) is 3.72. The number of sulfone groups is 1. The number of rotatable bonds is 6. The quantitative estimate of drug-likeness (QED) is 0.877. The number of hydrogen-bond acceptors (Lipinski definition) is 3. The first kappa shape index (κ1) is 15.4. The second-order valence-electron chi connectivity index (χ2n) is 4.23. The molecule has 3 nitrogen and oxygen atoms in total. The zero-order valence-electron chi connectivity index (χ0n) is 10.4. The van der Waals surface area contributed by atoms with Crippen molar-refractivity contribution >= 4 is 21.4 Å². The van der Waals surface area contributed by atoms with Gasteiger partial charge in [0.1, 0.15) is 15.7 Å². The third-order valence-electron chi connectivity index (χ3n) is 2.46. The molecule has 102 valence electrons. The third-order valence-corrected chi connectivity index (χ3v) is 3.73. The Morgan fingerprint density at radius 3 is 2.61 bits per heavy atom. The molecule has 0 fully saturated rings. The number of benzene rings is 1. The Labute approximate surface area is 112 Å². The second-order valence-corrected chi connectivity index (χ2v) is 6.83. The molecule has 0 bridgehead atoms. The summed E-state index contributed by atoms with van der Waals surface area (Å²) in [6.07, 6.45) is 1.95. The van der Waals surface area contributed by atoms with Gasteiger partial charge in [-0.25, -0.2) is 12.8 Å². The van der Waals surface area contributed by atoms with E-state index in [-0.39, 0.29) is 16.3 Å². The van der Waals surface area contributed by atoms with Crippen molar-refractivity contribution in [3.63, 3.8) is 0 Å². The minimum absolute atomic E-state index is 0.173. The molecule has 0 heterocycles. The first-order valence-electron chi connectivity index (χ1n) is 5.70. The van der Waals surface area contributed by atoms with E-state index in [4.69, 9.17) is 11.6 Å². The highest BCUT2D eigenvalue weighted by molar-refractivity contribution is 7.90. The zero-order valence-corrected chi connectivity index (χ0v) is 12.0. The lowest BCUT2D eigenvalue weighted by Gasteiger charge is -2.19. The summed E-state index contributed by atoms with van der Waals surface area (Å²) >= 11 is 5.96. The molecule has 18 heavy (non-hydrogen) atoms. The standard InChI is InChI=1S/C12H17ClFNO2S/c1-3-7-15-11(8-18(2,16)17)12-9(13)5-4-6-10(12)14/h4-6,11,15H,3,7-8H2,1-2H3. The van der Waals surface area contributed by atoms with Crippen LogP contribution in [0.25, 0.3) is 0 Å². The first-order valence-corrected chi connectivity index (χ1v) is 8.14. The highest BCUT2D eigenvalue weighted by atomic mass is 35.5. The first-order chi connectivity index (χ1) is 8.35. The van der Waals surface area contributed by atoms with E-state index in [9.17, 15) is 12.8 Å². The van der Waals surface area contributed by atoms with Crippen molar-refractivity contribution in [2.45, 2.75) is 19.4 Å². The number of hydrogen-bond donors (Lipinski definition) is 1. The van der Waals surface area contributed by atoms with E-state index in [2.05, 4.69) is 5.32 Å². The molecule has 0 aliphatic rings. The van der Waals surface area contributed by atoms with Crippen LogP contribution in [0.1, 0.15) is 24.9 Å². The van der Waals surface area contributed by atoms with E-state index < -0.39 is 21.7 Å². The van der Waals surface area contributed by atoms with E-state index in [1.807, 2.05) is 6.92 Å². The molecule has 1 N–H and O–H groups in total. The van der Waals surface area contributed by atoms with Gasteiger partial charge in [-0.15, -0.1) is 0 Å². The Hall–Kier alpha value is -0.650. The van der Waals surface area contributed by atoms with E-state index in [0.717, 1.165) is 12.7 Å². The van der Waals surface area contributed by atoms with Crippen molar-refractivity contribution in [3.8, 4) is 0 Å². The highest BCUT2D eigenvalue weighted by Gasteiger charge is 2.22. The van der Waals surface area contributed by atoms with Crippen LogP contribution in [0.3, 0.4) is 0 Å². The lowest BCUT2D eigenvalue weighted by molar-refractivity contribution is 0.520. The SMILES string of the molecule is CCCNC(CS(C)(=O)=O)c1c(F)cccc1Cl. The molecule has 1 unspecified atom stereocenters. The van der Waals surface area contributed by atoms with Gasteiger partial charge in [0.2, 0.25) is 0 Å². The molecule has 0 amide bonds. The molecule has 1 aromatic carbocycles. The fraction of sp³-hybridized carbons (Fsp3) is 0.500. The molecular weight excluding hydrogens is 277 g/mol. The van der Waals surface area contributed by atoms with Crippen molar-refractivity contribution in [2.24, 2.45) is 0 Å². The maximum atomic E-state index is 13.8. The van der Waals surface area contributed by atoms with Crippen molar-refractivity contribution < 1.29 is 12.8 Å². The molecule has 0 radical (unpaired) electrons. The Morgan fingerprint density at radius 1 is 1.44 bits per heavy atom. The summed E-state index contributed by atoms with van der Waals surface area (Å²) in [5.41, 5.74) is 0.220. The summed E-state index contributed by atoms with van der Waals surface area (Å²) < 4.78 is 36.6. The summed E-state index contributed by atoms with van der Waals surface area (Å²) in [5, 5.41) is 3.26. The molecule has 0 spiro atoms. The smallest absolute Gasteiger partial charge is 0.149 e. The fourth-order valence-electron chi connectivity index (χ4n) is 1.71. The molecule has 6 heteroatoms. The topological polar surface area (TPSA) is 46.2 Å². The van der Waals surface area contributed by atoms with E-state index in [1.165, 1.54) is 12.1 Å². The Morgan fingerprint density at radius 2 is 2.11 bits per heavy atom. The van der Waals surface area contributed by atoms with Crippen LogP contribution >= 0.6 is 11.6 Å². The van der Waals surface area contributed by atoms with Gasteiger partial charge in [-0.2, -0.15) is 0 Å². The molecule has 1 rings (SSSR count). The molecule has 1 atom stereocenters. The molecule has 0 aromatic heterocycles. The predicted octanol–water partition coefficient (Wildman–Crippen LogP) is 2.56. The molecule has 0 aliphatic heterocycles. The third kappa shape index (κ3) is 4.55. The summed E-state index contributed by atoms with van der Waals surface area (Å²) in [5.74, 6) is -0.659. The minimum atomic E-state index is -3.22. The zero-order chi connectivity index (χ0) is 13.8. The summed E-state index contributed by atoms with van der Waals surface area (Å²) in [4.78, 5) is 0. The van der Waals surface area contributed by atoms with Crippen LogP contribution in [0, 0.1) is 5.82 Å². The van der Waals surface area contributed by atoms with Gasteiger partial charge in [-0.05, 0) is 25.1 Å². The highest BCUT2D eigenvalue weighted by Crippen LogP contribution is 2.26. The maximum Gasteiger partial charge on any atom is 0.149 e. The van der Waals surface area contributed by atoms with Crippen molar-refractivity contribution in [1.29, 1.82) is 0 Å². The molecule has 0 aliphatic carbocycles. The predicted molar refractivity (Wildman–Crippen MR) is 72.2 cm³/mol. The molecule has 1 aromatic rings. The molecule has 0 saturated heterocycles. The number of nitrogens with one attached hydrogen (secondary N) is 1. The van der Waals surface area contributed by atoms with Crippen LogP contribution in [0.2, 0.25) is 5.02 Å². The van der Waals surface area contributed by atoms with Gasteiger partial charge in [0.15, 0.2) is 0 Å². The average Bonchev–Trinajstić information content (AvgIpc) is 2.23. The van der Waals surface area contributed by atoms with Crippen LogP contribution in [0.4, 0.5) is 4.39 Å². The lowest BCUT2D eigenvalue weighted by Crippen LogP contribution is -2.29. The monoisotopic (exact) mass is 293 g/mol. The van der Waals surface area contributed by atoms with Crippen LogP contribution in [0.5, 0.6) is 0 Å². The van der Waals surface area contributed by atoms with Gasteiger partial charge < -0.3 is 5.32 Å².